The van der Waals surface area contributed by atoms with E-state index in [9.17, 15) is 33.9 Å². The van der Waals surface area contributed by atoms with Gasteiger partial charge in [-0.1, -0.05) is 75.2 Å². The highest BCUT2D eigenvalue weighted by atomic mass is 19.3. The zero-order valence-electron chi connectivity index (χ0n) is 31.5. The van der Waals surface area contributed by atoms with E-state index in [0.29, 0.717) is 19.4 Å². The first-order valence-corrected chi connectivity index (χ1v) is 17.4. The second-order valence-corrected chi connectivity index (χ2v) is 12.7. The molecule has 7 N–H and O–H groups in total. The van der Waals surface area contributed by atoms with Gasteiger partial charge in [-0.15, -0.1) is 0 Å². The molecule has 0 aliphatic heterocycles. The largest absolute Gasteiger partial charge is 0.481 e. The van der Waals surface area contributed by atoms with Gasteiger partial charge in [0.1, 0.15) is 18.2 Å². The Labute approximate surface area is 291 Å². The average Bonchev–Trinajstić information content (AvgIpc) is 3.02. The lowest BCUT2D eigenvalue weighted by atomic mass is 9.93. The summed E-state index contributed by atoms with van der Waals surface area (Å²) < 4.78 is 30.5. The summed E-state index contributed by atoms with van der Waals surface area (Å²) in [5.74, 6) is -9.55. The lowest BCUT2D eigenvalue weighted by molar-refractivity contribution is -0.170. The molecule has 0 spiro atoms. The molecule has 15 heteroatoms. The number of hydrogen-bond donors (Lipinski definition) is 6. The van der Waals surface area contributed by atoms with Gasteiger partial charge in [-0.25, -0.2) is 0 Å². The Hall–Kier alpha value is -3.36. The molecule has 0 aliphatic rings. The number of aliphatic hydroxyl groups excluding tert-OH is 1. The van der Waals surface area contributed by atoms with Gasteiger partial charge >= 0.3 is 11.9 Å². The minimum Gasteiger partial charge on any atom is -0.481 e. The fourth-order valence-corrected chi connectivity index (χ4v) is 4.27. The SMILES string of the molecule is CC.CCCC(NC(=O)C[C@@H](C)CC)C(=O)N[C@@H](CC(C)C)C(O)C(F)(F)C(=O)NC(C(=O)N(C)CC)C(C)C.NC(=O)CCCC(=O)O. The molecular formula is C34H65F2N5O8. The Kier molecular flexibility index (Phi) is 27.1. The molecule has 0 radical (unpaired) electrons. The summed E-state index contributed by atoms with van der Waals surface area (Å²) in [5, 5.41) is 26.0. The highest BCUT2D eigenvalue weighted by Gasteiger charge is 2.51. The van der Waals surface area contributed by atoms with Crippen LogP contribution in [0, 0.1) is 17.8 Å². The number of hydrogen-bond acceptors (Lipinski definition) is 7. The Morgan fingerprint density at radius 2 is 1.45 bits per heavy atom. The van der Waals surface area contributed by atoms with Crippen molar-refractivity contribution in [2.75, 3.05) is 13.6 Å². The second kappa shape index (κ2) is 26.5. The zero-order valence-corrected chi connectivity index (χ0v) is 31.5. The van der Waals surface area contributed by atoms with Gasteiger partial charge in [0, 0.05) is 32.9 Å². The van der Waals surface area contributed by atoms with Crippen LogP contribution in [0.4, 0.5) is 8.78 Å². The molecule has 0 saturated carbocycles. The third-order valence-corrected chi connectivity index (χ3v) is 7.45. The van der Waals surface area contributed by atoms with Gasteiger partial charge in [-0.2, -0.15) is 8.78 Å². The average molecular weight is 710 g/mol. The molecule has 0 fully saturated rings. The van der Waals surface area contributed by atoms with Gasteiger partial charge in [0.05, 0.1) is 6.04 Å². The molecule has 49 heavy (non-hydrogen) atoms. The van der Waals surface area contributed by atoms with Crippen LogP contribution in [0.5, 0.6) is 0 Å². The van der Waals surface area contributed by atoms with Gasteiger partial charge < -0.3 is 36.8 Å². The number of nitrogens with zero attached hydrogens (tertiary/aromatic N) is 1. The predicted octanol–water partition coefficient (Wildman–Crippen LogP) is 3.61. The Balaban J connectivity index is -0.00000165. The molecule has 0 aromatic carbocycles. The summed E-state index contributed by atoms with van der Waals surface area (Å²) in [6.07, 6.45) is -0.241. The maximum atomic E-state index is 15.3. The molecule has 288 valence electrons. The van der Waals surface area contributed by atoms with E-state index in [1.54, 1.807) is 34.6 Å². The van der Waals surface area contributed by atoms with E-state index in [0.717, 1.165) is 6.42 Å². The van der Waals surface area contributed by atoms with Crippen molar-refractivity contribution in [1.82, 2.24) is 20.9 Å². The number of alkyl halides is 2. The van der Waals surface area contributed by atoms with E-state index >= 15 is 8.78 Å². The van der Waals surface area contributed by atoms with Gasteiger partial charge in [0.2, 0.25) is 23.6 Å². The number of primary amides is 1. The van der Waals surface area contributed by atoms with E-state index in [-0.39, 0.29) is 49.8 Å². The van der Waals surface area contributed by atoms with E-state index in [1.807, 2.05) is 34.6 Å². The lowest BCUT2D eigenvalue weighted by Gasteiger charge is -2.33. The van der Waals surface area contributed by atoms with Crippen molar-refractivity contribution in [3.8, 4) is 0 Å². The summed E-state index contributed by atoms with van der Waals surface area (Å²) >= 11 is 0. The van der Waals surface area contributed by atoms with Gasteiger partial charge in [-0.05, 0) is 43.9 Å². The lowest BCUT2D eigenvalue weighted by Crippen LogP contribution is -2.62. The summed E-state index contributed by atoms with van der Waals surface area (Å²) in [5.41, 5.74) is 4.75. The van der Waals surface area contributed by atoms with Crippen LogP contribution < -0.4 is 21.7 Å². The number of rotatable bonds is 21. The van der Waals surface area contributed by atoms with Crippen LogP contribution in [-0.4, -0.2) is 94.4 Å². The normalized spacial score (nSPS) is 14.0. The van der Waals surface area contributed by atoms with E-state index < -0.39 is 65.7 Å². The number of aliphatic hydroxyl groups is 1. The second-order valence-electron chi connectivity index (χ2n) is 12.7. The third kappa shape index (κ3) is 21.4. The highest BCUT2D eigenvalue weighted by molar-refractivity contribution is 5.91. The van der Waals surface area contributed by atoms with Crippen molar-refractivity contribution in [3.05, 3.63) is 0 Å². The molecular weight excluding hydrogens is 644 g/mol. The maximum Gasteiger partial charge on any atom is 0.351 e. The Morgan fingerprint density at radius 3 is 1.86 bits per heavy atom. The molecule has 0 bridgehead atoms. The zero-order chi connectivity index (χ0) is 39.1. The Bertz CT molecular complexity index is 999. The summed E-state index contributed by atoms with van der Waals surface area (Å²) in [4.78, 5) is 71.8. The van der Waals surface area contributed by atoms with E-state index in [4.69, 9.17) is 10.8 Å². The number of nitrogens with two attached hydrogens (primary N) is 1. The minimum atomic E-state index is -4.30. The first-order valence-electron chi connectivity index (χ1n) is 17.4. The van der Waals surface area contributed by atoms with Crippen LogP contribution in [0.1, 0.15) is 121 Å². The van der Waals surface area contributed by atoms with Gasteiger partial charge in [0.15, 0.2) is 0 Å². The molecule has 5 atom stereocenters. The standard InChI is InChI=1S/C27H50F2N4O5.C5H9NO3.C2H6/c1-10-13-19(30-21(34)15-18(8)11-2)24(36)31-20(14-16(4)5)23(35)27(28,29)26(38)32-22(17(6)7)25(37)33(9)12-3;6-4(7)2-1-3-5(8)9;1-2/h16-20,22-23,35H,10-15H2,1-9H3,(H,30,34)(H,31,36)(H,32,38);1-3H2,(H2,6,7)(H,8,9);1-2H3/t18-,19?,20-,22?,23?;;/m0../s1. The van der Waals surface area contributed by atoms with Gasteiger partial charge in [-0.3, -0.25) is 28.8 Å². The van der Waals surface area contributed by atoms with Crippen LogP contribution in [-0.2, 0) is 28.8 Å². The fourth-order valence-electron chi connectivity index (χ4n) is 4.27. The topological polar surface area (TPSA) is 208 Å². The number of amides is 5. The van der Waals surface area contributed by atoms with Gasteiger partial charge in [0.25, 0.3) is 5.91 Å². The number of carbonyl (C=O) groups excluding carboxylic acids is 5. The number of likely N-dealkylation sites (N-methyl/N-ethyl adjacent to an activating group) is 1. The first-order chi connectivity index (χ1) is 22.6. The van der Waals surface area contributed by atoms with Crippen molar-refractivity contribution in [2.24, 2.45) is 23.5 Å². The van der Waals surface area contributed by atoms with Crippen LogP contribution >= 0.6 is 0 Å². The van der Waals surface area contributed by atoms with Crippen LogP contribution in [0.2, 0.25) is 0 Å². The number of aliphatic carboxylic acids is 1. The molecule has 0 aromatic heterocycles. The number of carboxylic acid groups (broad SMARTS) is 1. The van der Waals surface area contributed by atoms with E-state index in [2.05, 4.69) is 16.0 Å². The fraction of sp³-hybridized carbons (Fsp3) is 0.824. The molecule has 0 rings (SSSR count). The van der Waals surface area contributed by atoms with Crippen molar-refractivity contribution in [2.45, 2.75) is 151 Å². The summed E-state index contributed by atoms with van der Waals surface area (Å²) in [6.45, 7) is 18.4. The molecule has 0 heterocycles. The van der Waals surface area contributed by atoms with Crippen LogP contribution in [0.25, 0.3) is 0 Å². The quantitative estimate of drug-likeness (QED) is 0.104. The van der Waals surface area contributed by atoms with Crippen LogP contribution in [0.3, 0.4) is 0 Å². The third-order valence-electron chi connectivity index (χ3n) is 7.45. The van der Waals surface area contributed by atoms with E-state index in [1.165, 1.54) is 11.9 Å². The smallest absolute Gasteiger partial charge is 0.351 e. The molecule has 13 nitrogen and oxygen atoms in total. The Morgan fingerprint density at radius 1 is 0.898 bits per heavy atom. The van der Waals surface area contributed by atoms with Crippen molar-refractivity contribution in [1.29, 1.82) is 0 Å². The molecule has 0 aliphatic carbocycles. The molecule has 5 amide bonds. The number of nitrogens with one attached hydrogen (secondary N) is 3. The molecule has 0 aromatic rings. The maximum absolute atomic E-state index is 15.3. The monoisotopic (exact) mass is 709 g/mol. The van der Waals surface area contributed by atoms with Crippen molar-refractivity contribution >= 4 is 35.5 Å². The summed E-state index contributed by atoms with van der Waals surface area (Å²) in [6, 6.07) is -3.65. The van der Waals surface area contributed by atoms with Crippen molar-refractivity contribution in [3.63, 3.8) is 0 Å². The number of carboxylic acids is 1. The van der Waals surface area contributed by atoms with Crippen LogP contribution in [0.15, 0.2) is 0 Å². The first kappa shape index (κ1) is 50.0. The molecule has 0 saturated heterocycles. The highest BCUT2D eigenvalue weighted by Crippen LogP contribution is 2.26. The number of carbonyl (C=O) groups is 6. The number of halogens is 2. The molecule has 3 unspecified atom stereocenters. The van der Waals surface area contributed by atoms with Crippen molar-refractivity contribution < 1.29 is 47.8 Å². The summed E-state index contributed by atoms with van der Waals surface area (Å²) in [7, 11) is 1.50. The predicted molar refractivity (Wildman–Crippen MR) is 185 cm³/mol. The minimum absolute atomic E-state index is 0.0168.